The molecule has 1 unspecified atom stereocenters. The molecule has 1 aliphatic heterocycles. The number of piperidine rings is 1. The maximum atomic E-state index is 12.4. The van der Waals surface area contributed by atoms with E-state index in [1.54, 1.807) is 15.8 Å². The summed E-state index contributed by atoms with van der Waals surface area (Å²) in [6, 6.07) is 9.39. The van der Waals surface area contributed by atoms with Gasteiger partial charge in [0.15, 0.2) is 0 Å². The van der Waals surface area contributed by atoms with Crippen molar-refractivity contribution in [2.45, 2.75) is 12.8 Å². The van der Waals surface area contributed by atoms with Crippen molar-refractivity contribution in [3.8, 4) is 0 Å². The van der Waals surface area contributed by atoms with Gasteiger partial charge in [-0.15, -0.1) is 11.3 Å². The van der Waals surface area contributed by atoms with Crippen LogP contribution in [0.3, 0.4) is 0 Å². The fraction of sp³-hybridized carbons (Fsp3) is 0.312. The Morgan fingerprint density at radius 2 is 2.09 bits per heavy atom. The third-order valence-electron chi connectivity index (χ3n) is 3.77. The van der Waals surface area contributed by atoms with E-state index in [9.17, 15) is 9.59 Å². The van der Waals surface area contributed by atoms with E-state index in [0.29, 0.717) is 18.8 Å². The number of likely N-dealkylation sites (tertiary alicyclic amines) is 1. The first-order valence-electron chi connectivity index (χ1n) is 7.27. The Balaban J connectivity index is 1.63. The molecule has 1 fully saturated rings. The van der Waals surface area contributed by atoms with E-state index < -0.39 is 0 Å². The largest absolute Gasteiger partial charge is 0.336 e. The zero-order valence-corrected chi connectivity index (χ0v) is 12.9. The second kappa shape index (κ2) is 6.70. The average molecular weight is 315 g/mol. The molecule has 1 aliphatic rings. The highest BCUT2D eigenvalue weighted by atomic mass is 32.1. The van der Waals surface area contributed by atoms with Crippen LogP contribution in [0.2, 0.25) is 0 Å². The van der Waals surface area contributed by atoms with Crippen molar-refractivity contribution in [1.29, 1.82) is 0 Å². The third-order valence-corrected chi connectivity index (χ3v) is 4.36. The van der Waals surface area contributed by atoms with Crippen molar-refractivity contribution in [2.24, 2.45) is 5.92 Å². The van der Waals surface area contributed by atoms with Gasteiger partial charge in [0.25, 0.3) is 5.91 Å². The topological polar surface area (TPSA) is 62.3 Å². The fourth-order valence-corrected chi connectivity index (χ4v) is 3.15. The number of para-hydroxylation sites is 1. The molecule has 1 atom stereocenters. The highest BCUT2D eigenvalue weighted by molar-refractivity contribution is 7.07. The first-order chi connectivity index (χ1) is 10.7. The molecule has 6 heteroatoms. The zero-order valence-electron chi connectivity index (χ0n) is 12.1. The van der Waals surface area contributed by atoms with E-state index in [4.69, 9.17) is 0 Å². The molecular formula is C16H17N3O2S. The Labute approximate surface area is 133 Å². The molecular weight excluding hydrogens is 298 g/mol. The SMILES string of the molecule is O=C(Nc1ccccc1)C1CCCN(C(=O)c2cscn2)C1. The van der Waals surface area contributed by atoms with E-state index in [1.807, 2.05) is 30.3 Å². The number of carbonyl (C=O) groups excluding carboxylic acids is 2. The molecule has 1 saturated heterocycles. The maximum Gasteiger partial charge on any atom is 0.273 e. The Morgan fingerprint density at radius 1 is 1.27 bits per heavy atom. The second-order valence-electron chi connectivity index (χ2n) is 5.32. The molecule has 0 saturated carbocycles. The van der Waals surface area contributed by atoms with Crippen molar-refractivity contribution in [1.82, 2.24) is 9.88 Å². The number of amides is 2. The molecule has 1 N–H and O–H groups in total. The lowest BCUT2D eigenvalue weighted by molar-refractivity contribution is -0.121. The number of hydrogen-bond acceptors (Lipinski definition) is 4. The van der Waals surface area contributed by atoms with Gasteiger partial charge in [0.1, 0.15) is 5.69 Å². The number of benzene rings is 1. The van der Waals surface area contributed by atoms with Gasteiger partial charge in [0.05, 0.1) is 11.4 Å². The van der Waals surface area contributed by atoms with E-state index >= 15 is 0 Å². The molecule has 5 nitrogen and oxygen atoms in total. The van der Waals surface area contributed by atoms with Crippen LogP contribution in [0.15, 0.2) is 41.2 Å². The van der Waals surface area contributed by atoms with Gasteiger partial charge in [-0.05, 0) is 25.0 Å². The van der Waals surface area contributed by atoms with Gasteiger partial charge in [-0.3, -0.25) is 9.59 Å². The summed E-state index contributed by atoms with van der Waals surface area (Å²) in [5.74, 6) is -0.281. The zero-order chi connectivity index (χ0) is 15.4. The Morgan fingerprint density at radius 3 is 2.82 bits per heavy atom. The predicted molar refractivity (Wildman–Crippen MR) is 85.8 cm³/mol. The van der Waals surface area contributed by atoms with Crippen molar-refractivity contribution < 1.29 is 9.59 Å². The number of aromatic nitrogens is 1. The van der Waals surface area contributed by atoms with Crippen molar-refractivity contribution >= 4 is 28.8 Å². The normalized spacial score (nSPS) is 18.0. The van der Waals surface area contributed by atoms with Crippen LogP contribution in [0, 0.1) is 5.92 Å². The lowest BCUT2D eigenvalue weighted by atomic mass is 9.96. The predicted octanol–water partition coefficient (Wildman–Crippen LogP) is 2.63. The standard InChI is InChI=1S/C16H17N3O2S/c20-15(18-13-6-2-1-3-7-13)12-5-4-8-19(9-12)16(21)14-10-22-11-17-14/h1-3,6-7,10-12H,4-5,8-9H2,(H,18,20). The summed E-state index contributed by atoms with van der Waals surface area (Å²) < 4.78 is 0. The number of hydrogen-bond donors (Lipinski definition) is 1. The summed E-state index contributed by atoms with van der Waals surface area (Å²) in [7, 11) is 0. The molecule has 1 aromatic heterocycles. The summed E-state index contributed by atoms with van der Waals surface area (Å²) in [5.41, 5.74) is 2.90. The number of nitrogens with one attached hydrogen (secondary N) is 1. The molecule has 2 heterocycles. The highest BCUT2D eigenvalue weighted by Crippen LogP contribution is 2.20. The smallest absolute Gasteiger partial charge is 0.273 e. The molecule has 22 heavy (non-hydrogen) atoms. The van der Waals surface area contributed by atoms with E-state index in [0.717, 1.165) is 18.5 Å². The highest BCUT2D eigenvalue weighted by Gasteiger charge is 2.29. The van der Waals surface area contributed by atoms with Gasteiger partial charge < -0.3 is 10.2 Å². The monoisotopic (exact) mass is 315 g/mol. The molecule has 0 aliphatic carbocycles. The summed E-state index contributed by atoms with van der Waals surface area (Å²) in [6.07, 6.45) is 1.64. The van der Waals surface area contributed by atoms with Crippen LogP contribution in [0.4, 0.5) is 5.69 Å². The minimum absolute atomic E-state index is 0.0259. The summed E-state index contributed by atoms with van der Waals surface area (Å²) in [5, 5.41) is 4.66. The van der Waals surface area contributed by atoms with Crippen LogP contribution in [-0.4, -0.2) is 34.8 Å². The molecule has 1 aromatic carbocycles. The lowest BCUT2D eigenvalue weighted by Crippen LogP contribution is -2.43. The number of nitrogens with zero attached hydrogens (tertiary/aromatic N) is 2. The van der Waals surface area contributed by atoms with E-state index in [-0.39, 0.29) is 17.7 Å². The van der Waals surface area contributed by atoms with E-state index in [2.05, 4.69) is 10.3 Å². The van der Waals surface area contributed by atoms with Crippen LogP contribution >= 0.6 is 11.3 Å². The first kappa shape index (κ1) is 14.7. The molecule has 0 spiro atoms. The number of thiazole rings is 1. The van der Waals surface area contributed by atoms with Crippen LogP contribution < -0.4 is 5.32 Å². The Hall–Kier alpha value is -2.21. The van der Waals surface area contributed by atoms with Gasteiger partial charge in [-0.2, -0.15) is 0 Å². The van der Waals surface area contributed by atoms with Gasteiger partial charge in [0.2, 0.25) is 5.91 Å². The molecule has 3 rings (SSSR count). The lowest BCUT2D eigenvalue weighted by Gasteiger charge is -2.31. The first-order valence-corrected chi connectivity index (χ1v) is 8.21. The number of rotatable bonds is 3. The van der Waals surface area contributed by atoms with Crippen LogP contribution in [0.25, 0.3) is 0 Å². The van der Waals surface area contributed by atoms with Crippen LogP contribution in [0.5, 0.6) is 0 Å². The minimum atomic E-state index is -0.170. The summed E-state index contributed by atoms with van der Waals surface area (Å²) >= 11 is 1.40. The van der Waals surface area contributed by atoms with Crippen molar-refractivity contribution in [3.05, 3.63) is 46.9 Å². The van der Waals surface area contributed by atoms with Crippen molar-refractivity contribution in [3.63, 3.8) is 0 Å². The van der Waals surface area contributed by atoms with E-state index in [1.165, 1.54) is 11.3 Å². The Bertz CT molecular complexity index is 643. The Kier molecular flexibility index (Phi) is 4.48. The molecule has 114 valence electrons. The maximum absolute atomic E-state index is 12.4. The number of anilines is 1. The second-order valence-corrected chi connectivity index (χ2v) is 6.04. The van der Waals surface area contributed by atoms with Crippen molar-refractivity contribution in [2.75, 3.05) is 18.4 Å². The molecule has 2 amide bonds. The minimum Gasteiger partial charge on any atom is -0.336 e. The molecule has 0 radical (unpaired) electrons. The van der Waals surface area contributed by atoms with Crippen LogP contribution in [-0.2, 0) is 4.79 Å². The summed E-state index contributed by atoms with van der Waals surface area (Å²) in [4.78, 5) is 30.5. The quantitative estimate of drug-likeness (QED) is 0.947. The van der Waals surface area contributed by atoms with Gasteiger partial charge in [-0.1, -0.05) is 18.2 Å². The van der Waals surface area contributed by atoms with Gasteiger partial charge in [0, 0.05) is 24.2 Å². The van der Waals surface area contributed by atoms with Gasteiger partial charge >= 0.3 is 0 Å². The van der Waals surface area contributed by atoms with Gasteiger partial charge in [-0.25, -0.2) is 4.98 Å². The molecule has 2 aromatic rings. The fourth-order valence-electron chi connectivity index (χ4n) is 2.62. The summed E-state index contributed by atoms with van der Waals surface area (Å²) in [6.45, 7) is 1.14. The van der Waals surface area contributed by atoms with Crippen LogP contribution in [0.1, 0.15) is 23.3 Å². The third kappa shape index (κ3) is 3.33. The molecule has 0 bridgehead atoms. The average Bonchev–Trinajstić information content (AvgIpc) is 3.09. The number of carbonyl (C=O) groups is 2.